The monoisotopic (exact) mass is 381 g/mol. The molecule has 0 saturated carbocycles. The lowest BCUT2D eigenvalue weighted by atomic mass is 9.87. The number of benzene rings is 2. The van der Waals surface area contributed by atoms with Gasteiger partial charge in [0.25, 0.3) is 0 Å². The van der Waals surface area contributed by atoms with E-state index in [4.69, 9.17) is 4.74 Å². The summed E-state index contributed by atoms with van der Waals surface area (Å²) in [5.41, 5.74) is 3.44. The summed E-state index contributed by atoms with van der Waals surface area (Å²) in [6.45, 7) is 10.6. The lowest BCUT2D eigenvalue weighted by molar-refractivity contribution is -0.117. The highest BCUT2D eigenvalue weighted by atomic mass is 16.5. The molecule has 150 valence electrons. The molecule has 0 radical (unpaired) electrons. The Morgan fingerprint density at radius 2 is 1.57 bits per heavy atom. The SMILES string of the molecule is COc1ccc(N2CCN(CC(=O)Nc3ccc(C(C)(C)C)cc3)CC2)cc1. The van der Waals surface area contributed by atoms with E-state index in [0.717, 1.165) is 37.6 Å². The van der Waals surface area contributed by atoms with E-state index in [1.165, 1.54) is 11.3 Å². The molecule has 0 spiro atoms. The summed E-state index contributed by atoms with van der Waals surface area (Å²) in [7, 11) is 1.68. The summed E-state index contributed by atoms with van der Waals surface area (Å²) >= 11 is 0. The number of methoxy groups -OCH3 is 1. The zero-order chi connectivity index (χ0) is 20.1. The fourth-order valence-electron chi connectivity index (χ4n) is 3.41. The summed E-state index contributed by atoms with van der Waals surface area (Å²) in [4.78, 5) is 17.0. The van der Waals surface area contributed by atoms with Crippen LogP contribution in [0.15, 0.2) is 48.5 Å². The molecule has 0 unspecified atom stereocenters. The lowest BCUT2D eigenvalue weighted by Crippen LogP contribution is -2.48. The maximum absolute atomic E-state index is 12.4. The summed E-state index contributed by atoms with van der Waals surface area (Å²) in [6.07, 6.45) is 0. The van der Waals surface area contributed by atoms with Crippen molar-refractivity contribution in [1.29, 1.82) is 0 Å². The van der Waals surface area contributed by atoms with Gasteiger partial charge in [0.2, 0.25) is 5.91 Å². The van der Waals surface area contributed by atoms with Gasteiger partial charge in [-0.25, -0.2) is 0 Å². The third-order valence-electron chi connectivity index (χ3n) is 5.21. The summed E-state index contributed by atoms with van der Waals surface area (Å²) < 4.78 is 5.22. The topological polar surface area (TPSA) is 44.8 Å². The highest BCUT2D eigenvalue weighted by Gasteiger charge is 2.19. The molecule has 1 aliphatic rings. The van der Waals surface area contributed by atoms with E-state index in [9.17, 15) is 4.79 Å². The van der Waals surface area contributed by atoms with Crippen LogP contribution in [0.1, 0.15) is 26.3 Å². The van der Waals surface area contributed by atoms with Crippen LogP contribution in [0, 0.1) is 0 Å². The van der Waals surface area contributed by atoms with E-state index in [2.05, 4.69) is 60.2 Å². The molecule has 0 bridgehead atoms. The van der Waals surface area contributed by atoms with E-state index in [-0.39, 0.29) is 11.3 Å². The van der Waals surface area contributed by atoms with Crippen LogP contribution in [0.3, 0.4) is 0 Å². The summed E-state index contributed by atoms with van der Waals surface area (Å²) in [5.74, 6) is 0.913. The van der Waals surface area contributed by atoms with Crippen molar-refractivity contribution in [2.75, 3.05) is 50.1 Å². The zero-order valence-electron chi connectivity index (χ0n) is 17.4. The molecule has 1 amide bonds. The second-order valence-corrected chi connectivity index (χ2v) is 8.34. The summed E-state index contributed by atoms with van der Waals surface area (Å²) in [6, 6.07) is 16.3. The van der Waals surface area contributed by atoms with E-state index < -0.39 is 0 Å². The van der Waals surface area contributed by atoms with Gasteiger partial charge in [-0.15, -0.1) is 0 Å². The maximum atomic E-state index is 12.4. The highest BCUT2D eigenvalue weighted by molar-refractivity contribution is 5.92. The molecule has 1 saturated heterocycles. The number of piperazine rings is 1. The van der Waals surface area contributed by atoms with Crippen molar-refractivity contribution < 1.29 is 9.53 Å². The molecule has 1 N–H and O–H groups in total. The van der Waals surface area contributed by atoms with Gasteiger partial charge < -0.3 is 15.0 Å². The molecule has 0 aliphatic carbocycles. The quantitative estimate of drug-likeness (QED) is 0.857. The Morgan fingerprint density at radius 1 is 0.964 bits per heavy atom. The van der Waals surface area contributed by atoms with E-state index in [1.807, 2.05) is 24.3 Å². The Hall–Kier alpha value is -2.53. The van der Waals surface area contributed by atoms with Gasteiger partial charge in [0, 0.05) is 37.6 Å². The summed E-state index contributed by atoms with van der Waals surface area (Å²) in [5, 5.41) is 3.02. The molecule has 28 heavy (non-hydrogen) atoms. The van der Waals surface area contributed by atoms with Crippen molar-refractivity contribution in [2.45, 2.75) is 26.2 Å². The standard InChI is InChI=1S/C23H31N3O2/c1-23(2,3)18-5-7-19(8-6-18)24-22(27)17-25-13-15-26(16-14-25)20-9-11-21(28-4)12-10-20/h5-12H,13-17H2,1-4H3,(H,24,27). The first-order chi connectivity index (χ1) is 13.3. The van der Waals surface area contributed by atoms with Gasteiger partial charge in [-0.3, -0.25) is 9.69 Å². The number of hydrogen-bond acceptors (Lipinski definition) is 4. The third-order valence-corrected chi connectivity index (χ3v) is 5.21. The zero-order valence-corrected chi connectivity index (χ0v) is 17.4. The molecule has 0 aromatic heterocycles. The van der Waals surface area contributed by atoms with Crippen LogP contribution < -0.4 is 15.0 Å². The van der Waals surface area contributed by atoms with Crippen molar-refractivity contribution in [2.24, 2.45) is 0 Å². The molecule has 3 rings (SSSR count). The average Bonchev–Trinajstić information content (AvgIpc) is 2.68. The van der Waals surface area contributed by atoms with E-state index in [1.54, 1.807) is 7.11 Å². The maximum Gasteiger partial charge on any atom is 0.238 e. The third kappa shape index (κ3) is 5.26. The van der Waals surface area contributed by atoms with Gasteiger partial charge in [-0.2, -0.15) is 0 Å². The van der Waals surface area contributed by atoms with Crippen LogP contribution in [0.25, 0.3) is 0 Å². The normalized spacial score (nSPS) is 15.4. The largest absolute Gasteiger partial charge is 0.497 e. The average molecular weight is 382 g/mol. The second kappa shape index (κ2) is 8.65. The van der Waals surface area contributed by atoms with Gasteiger partial charge in [0.05, 0.1) is 13.7 Å². The van der Waals surface area contributed by atoms with E-state index >= 15 is 0 Å². The number of anilines is 2. The van der Waals surface area contributed by atoms with Crippen LogP contribution in [0.2, 0.25) is 0 Å². The highest BCUT2D eigenvalue weighted by Crippen LogP contribution is 2.23. The fraction of sp³-hybridized carbons (Fsp3) is 0.435. The van der Waals surface area contributed by atoms with Crippen LogP contribution in [-0.2, 0) is 10.2 Å². The first-order valence-electron chi connectivity index (χ1n) is 9.87. The predicted molar refractivity (Wildman–Crippen MR) is 115 cm³/mol. The lowest BCUT2D eigenvalue weighted by Gasteiger charge is -2.35. The Bertz CT molecular complexity index is 771. The van der Waals surface area contributed by atoms with Crippen LogP contribution in [0.5, 0.6) is 5.75 Å². The number of nitrogens with zero attached hydrogens (tertiary/aromatic N) is 2. The van der Waals surface area contributed by atoms with Gasteiger partial charge >= 0.3 is 0 Å². The molecule has 1 aliphatic heterocycles. The second-order valence-electron chi connectivity index (χ2n) is 8.34. The molecule has 2 aromatic rings. The Kier molecular flexibility index (Phi) is 6.25. The minimum absolute atomic E-state index is 0.0430. The Morgan fingerprint density at radius 3 is 2.11 bits per heavy atom. The minimum atomic E-state index is 0.0430. The Labute approximate surface area is 168 Å². The molecular weight excluding hydrogens is 350 g/mol. The van der Waals surface area contributed by atoms with Crippen molar-refractivity contribution in [3.8, 4) is 5.75 Å². The van der Waals surface area contributed by atoms with Crippen LogP contribution in [0.4, 0.5) is 11.4 Å². The number of ether oxygens (including phenoxy) is 1. The van der Waals surface area contributed by atoms with Crippen molar-refractivity contribution in [3.63, 3.8) is 0 Å². The Balaban J connectivity index is 1.47. The molecule has 1 heterocycles. The molecule has 1 fully saturated rings. The van der Waals surface area contributed by atoms with Crippen molar-refractivity contribution >= 4 is 17.3 Å². The van der Waals surface area contributed by atoms with Gasteiger partial charge in [0.15, 0.2) is 0 Å². The van der Waals surface area contributed by atoms with Crippen molar-refractivity contribution in [1.82, 2.24) is 4.90 Å². The van der Waals surface area contributed by atoms with Gasteiger partial charge in [-0.05, 0) is 47.4 Å². The molecule has 2 aromatic carbocycles. The number of carbonyl (C=O) groups excluding carboxylic acids is 1. The van der Waals surface area contributed by atoms with Crippen LogP contribution >= 0.6 is 0 Å². The number of rotatable bonds is 5. The van der Waals surface area contributed by atoms with Crippen molar-refractivity contribution in [3.05, 3.63) is 54.1 Å². The van der Waals surface area contributed by atoms with Gasteiger partial charge in [0.1, 0.15) is 5.75 Å². The molecule has 5 heteroatoms. The van der Waals surface area contributed by atoms with Crippen LogP contribution in [-0.4, -0.2) is 50.6 Å². The minimum Gasteiger partial charge on any atom is -0.497 e. The smallest absolute Gasteiger partial charge is 0.238 e. The predicted octanol–water partition coefficient (Wildman–Crippen LogP) is 3.75. The van der Waals surface area contributed by atoms with Gasteiger partial charge in [-0.1, -0.05) is 32.9 Å². The molecule has 0 atom stereocenters. The number of hydrogen-bond donors (Lipinski definition) is 1. The first kappa shape index (κ1) is 20.2. The molecular formula is C23H31N3O2. The number of nitrogens with one attached hydrogen (secondary N) is 1. The van der Waals surface area contributed by atoms with E-state index in [0.29, 0.717) is 6.54 Å². The number of carbonyl (C=O) groups is 1. The first-order valence-corrected chi connectivity index (χ1v) is 9.87. The molecule has 5 nitrogen and oxygen atoms in total. The number of amides is 1. The fourth-order valence-corrected chi connectivity index (χ4v) is 3.41.